The van der Waals surface area contributed by atoms with Crippen molar-refractivity contribution >= 4 is 11.7 Å². The largest absolute Gasteiger partial charge is 0.489 e. The first-order chi connectivity index (χ1) is 12.1. The minimum absolute atomic E-state index is 0.0450. The van der Waals surface area contributed by atoms with E-state index in [9.17, 15) is 4.79 Å². The van der Waals surface area contributed by atoms with E-state index in [2.05, 4.69) is 10.3 Å². The van der Waals surface area contributed by atoms with E-state index in [1.54, 1.807) is 17.3 Å². The maximum Gasteiger partial charge on any atom is 0.322 e. The van der Waals surface area contributed by atoms with Crippen LogP contribution >= 0.6 is 0 Å². The first-order valence-electron chi connectivity index (χ1n) is 8.43. The number of pyridine rings is 1. The lowest BCUT2D eigenvalue weighted by molar-refractivity contribution is -0.0530. The third-order valence-electron chi connectivity index (χ3n) is 3.92. The number of benzene rings is 1. The Morgan fingerprint density at radius 3 is 2.80 bits per heavy atom. The molecule has 6 nitrogen and oxygen atoms in total. The second-order valence-electron chi connectivity index (χ2n) is 6.27. The monoisotopic (exact) mass is 341 g/mol. The fourth-order valence-corrected chi connectivity index (χ4v) is 2.86. The van der Waals surface area contributed by atoms with Crippen LogP contribution in [-0.2, 0) is 11.3 Å². The van der Waals surface area contributed by atoms with Gasteiger partial charge in [-0.15, -0.1) is 0 Å². The molecular formula is C19H23N3O3. The highest BCUT2D eigenvalue weighted by Crippen LogP contribution is 2.20. The molecule has 0 spiro atoms. The smallest absolute Gasteiger partial charge is 0.322 e. The maximum absolute atomic E-state index is 12.5. The van der Waals surface area contributed by atoms with E-state index in [0.29, 0.717) is 31.1 Å². The number of nitrogens with one attached hydrogen (secondary N) is 1. The standard InChI is InChI=1S/C19H23N3O3/c1-14-11-22(12-15(2)25-14)19(23)21-17-6-3-7-18(9-17)24-13-16-5-4-8-20-10-16/h3-10,14-15H,11-13H2,1-2H3,(H,21,23)/t14-,15-/m0/s1. The molecule has 1 aromatic carbocycles. The third-order valence-corrected chi connectivity index (χ3v) is 3.92. The lowest BCUT2D eigenvalue weighted by Gasteiger charge is -2.35. The molecule has 2 amide bonds. The van der Waals surface area contributed by atoms with Gasteiger partial charge in [0, 0.05) is 42.8 Å². The Hall–Kier alpha value is -2.60. The van der Waals surface area contributed by atoms with Gasteiger partial charge >= 0.3 is 6.03 Å². The highest BCUT2D eigenvalue weighted by Gasteiger charge is 2.25. The van der Waals surface area contributed by atoms with Gasteiger partial charge in [0.1, 0.15) is 12.4 Å². The molecule has 2 aromatic rings. The van der Waals surface area contributed by atoms with E-state index in [0.717, 1.165) is 5.56 Å². The van der Waals surface area contributed by atoms with Crippen molar-refractivity contribution in [2.75, 3.05) is 18.4 Å². The first-order valence-corrected chi connectivity index (χ1v) is 8.43. The number of aromatic nitrogens is 1. The van der Waals surface area contributed by atoms with E-state index in [1.165, 1.54) is 0 Å². The van der Waals surface area contributed by atoms with Gasteiger partial charge in [-0.3, -0.25) is 4.98 Å². The summed E-state index contributed by atoms with van der Waals surface area (Å²) in [5.74, 6) is 0.699. The fraction of sp³-hybridized carbons (Fsp3) is 0.368. The van der Waals surface area contributed by atoms with Crippen LogP contribution in [0.5, 0.6) is 5.75 Å². The molecule has 6 heteroatoms. The molecular weight excluding hydrogens is 318 g/mol. The number of nitrogens with zero attached hydrogens (tertiary/aromatic N) is 2. The topological polar surface area (TPSA) is 63.7 Å². The van der Waals surface area contributed by atoms with E-state index in [1.807, 2.05) is 50.2 Å². The second-order valence-corrected chi connectivity index (χ2v) is 6.27. The molecule has 2 heterocycles. The van der Waals surface area contributed by atoms with Crippen molar-refractivity contribution in [2.24, 2.45) is 0 Å². The van der Waals surface area contributed by atoms with Crippen molar-refractivity contribution in [1.82, 2.24) is 9.88 Å². The Bertz CT molecular complexity index is 698. The number of urea groups is 1. The number of rotatable bonds is 4. The van der Waals surface area contributed by atoms with E-state index in [4.69, 9.17) is 9.47 Å². The van der Waals surface area contributed by atoms with E-state index < -0.39 is 0 Å². The second kappa shape index (κ2) is 7.98. The molecule has 2 atom stereocenters. The van der Waals surface area contributed by atoms with Crippen LogP contribution in [0.1, 0.15) is 19.4 Å². The lowest BCUT2D eigenvalue weighted by atomic mass is 10.2. The van der Waals surface area contributed by atoms with Gasteiger partial charge in [-0.1, -0.05) is 12.1 Å². The van der Waals surface area contributed by atoms with Gasteiger partial charge in [-0.2, -0.15) is 0 Å². The Balaban J connectivity index is 1.58. The van der Waals surface area contributed by atoms with Crippen LogP contribution < -0.4 is 10.1 Å². The Morgan fingerprint density at radius 2 is 2.08 bits per heavy atom. The van der Waals surface area contributed by atoms with Crippen LogP contribution in [0, 0.1) is 0 Å². The van der Waals surface area contributed by atoms with Crippen LogP contribution in [0.15, 0.2) is 48.8 Å². The average molecular weight is 341 g/mol. The lowest BCUT2D eigenvalue weighted by Crippen LogP contribution is -2.49. The van der Waals surface area contributed by atoms with Crippen molar-refractivity contribution in [2.45, 2.75) is 32.7 Å². The molecule has 1 N–H and O–H groups in total. The molecule has 1 aromatic heterocycles. The van der Waals surface area contributed by atoms with Crippen molar-refractivity contribution in [3.05, 3.63) is 54.4 Å². The summed E-state index contributed by atoms with van der Waals surface area (Å²) in [6.45, 7) is 5.57. The van der Waals surface area contributed by atoms with Crippen LogP contribution in [0.2, 0.25) is 0 Å². The summed E-state index contributed by atoms with van der Waals surface area (Å²) in [4.78, 5) is 18.3. The zero-order valence-corrected chi connectivity index (χ0v) is 14.5. The molecule has 1 saturated heterocycles. The van der Waals surface area contributed by atoms with Gasteiger partial charge in [0.2, 0.25) is 0 Å². The van der Waals surface area contributed by atoms with Gasteiger partial charge in [0.05, 0.1) is 12.2 Å². The number of carbonyl (C=O) groups excluding carboxylic acids is 1. The average Bonchev–Trinajstić information content (AvgIpc) is 2.60. The molecule has 1 fully saturated rings. The fourth-order valence-electron chi connectivity index (χ4n) is 2.86. The minimum Gasteiger partial charge on any atom is -0.489 e. The summed E-state index contributed by atoms with van der Waals surface area (Å²) in [7, 11) is 0. The summed E-state index contributed by atoms with van der Waals surface area (Å²) in [5.41, 5.74) is 1.70. The molecule has 3 rings (SSSR count). The van der Waals surface area contributed by atoms with E-state index in [-0.39, 0.29) is 18.2 Å². The normalized spacial score (nSPS) is 20.2. The van der Waals surface area contributed by atoms with Gasteiger partial charge < -0.3 is 19.7 Å². The third kappa shape index (κ3) is 4.93. The number of anilines is 1. The van der Waals surface area contributed by atoms with Crippen molar-refractivity contribution < 1.29 is 14.3 Å². The molecule has 0 saturated carbocycles. The van der Waals surface area contributed by atoms with Crippen molar-refractivity contribution in [3.8, 4) is 5.75 Å². The maximum atomic E-state index is 12.5. The molecule has 0 aliphatic carbocycles. The van der Waals surface area contributed by atoms with Gasteiger partial charge in [-0.25, -0.2) is 4.79 Å². The van der Waals surface area contributed by atoms with Gasteiger partial charge in [0.25, 0.3) is 0 Å². The van der Waals surface area contributed by atoms with Crippen LogP contribution in [0.3, 0.4) is 0 Å². The molecule has 0 unspecified atom stereocenters. The molecule has 132 valence electrons. The highest BCUT2D eigenvalue weighted by atomic mass is 16.5. The highest BCUT2D eigenvalue weighted by molar-refractivity contribution is 5.89. The Kier molecular flexibility index (Phi) is 5.50. The predicted molar refractivity (Wildman–Crippen MR) is 95.6 cm³/mol. The zero-order chi connectivity index (χ0) is 17.6. The van der Waals surface area contributed by atoms with Gasteiger partial charge in [0.15, 0.2) is 0 Å². The molecule has 0 radical (unpaired) electrons. The van der Waals surface area contributed by atoms with Crippen LogP contribution in [0.4, 0.5) is 10.5 Å². The Labute approximate surface area is 147 Å². The summed E-state index contributed by atoms with van der Waals surface area (Å²) in [5, 5.41) is 2.93. The Morgan fingerprint density at radius 1 is 1.28 bits per heavy atom. The number of ether oxygens (including phenoxy) is 2. The number of morpholine rings is 1. The summed E-state index contributed by atoms with van der Waals surface area (Å²) < 4.78 is 11.4. The van der Waals surface area contributed by atoms with Gasteiger partial charge in [-0.05, 0) is 32.0 Å². The molecule has 1 aliphatic rings. The van der Waals surface area contributed by atoms with Crippen molar-refractivity contribution in [1.29, 1.82) is 0 Å². The SMILES string of the molecule is C[C@H]1CN(C(=O)Nc2cccc(OCc3cccnc3)c2)C[C@H](C)O1. The molecule has 1 aliphatic heterocycles. The number of hydrogen-bond acceptors (Lipinski definition) is 4. The van der Waals surface area contributed by atoms with Crippen molar-refractivity contribution in [3.63, 3.8) is 0 Å². The number of amides is 2. The molecule has 25 heavy (non-hydrogen) atoms. The molecule has 0 bridgehead atoms. The number of hydrogen-bond donors (Lipinski definition) is 1. The summed E-state index contributed by atoms with van der Waals surface area (Å²) in [6, 6.07) is 11.1. The minimum atomic E-state index is -0.119. The zero-order valence-electron chi connectivity index (χ0n) is 14.5. The van der Waals surface area contributed by atoms with Crippen LogP contribution in [0.25, 0.3) is 0 Å². The first kappa shape index (κ1) is 17.2. The van der Waals surface area contributed by atoms with Crippen LogP contribution in [-0.4, -0.2) is 41.2 Å². The van der Waals surface area contributed by atoms with E-state index >= 15 is 0 Å². The predicted octanol–water partition coefficient (Wildman–Crippen LogP) is 3.30. The summed E-state index contributed by atoms with van der Waals surface area (Å²) >= 11 is 0. The summed E-state index contributed by atoms with van der Waals surface area (Å²) in [6.07, 6.45) is 3.59. The quantitative estimate of drug-likeness (QED) is 0.927. The number of carbonyl (C=O) groups is 1.